The lowest BCUT2D eigenvalue weighted by Crippen LogP contribution is -1.80. The Balaban J connectivity index is 0.000000461. The molecule has 0 aromatic heterocycles. The number of ether oxygens (including phenoxy) is 2. The van der Waals surface area contributed by atoms with Crippen LogP contribution in [0.5, 0.6) is 0 Å². The molecule has 0 aromatic rings. The molecule has 1 aliphatic heterocycles. The highest BCUT2D eigenvalue weighted by Gasteiger charge is 2.08. The van der Waals surface area contributed by atoms with Gasteiger partial charge in [0.2, 0.25) is 6.79 Å². The van der Waals surface area contributed by atoms with Gasteiger partial charge in [0.15, 0.2) is 5.76 Å². The Morgan fingerprint density at radius 1 is 1.27 bits per heavy atom. The summed E-state index contributed by atoms with van der Waals surface area (Å²) in [4.78, 5) is 0. The molecule has 0 fully saturated rings. The smallest absolute Gasteiger partial charge is 0.230 e. The lowest BCUT2D eigenvalue weighted by atomic mass is 10.4. The molecule has 0 aliphatic carbocycles. The Morgan fingerprint density at radius 2 is 1.91 bits per heavy atom. The maximum Gasteiger partial charge on any atom is 0.230 e. The zero-order valence-corrected chi connectivity index (χ0v) is 7.68. The van der Waals surface area contributed by atoms with E-state index in [0.29, 0.717) is 6.79 Å². The van der Waals surface area contributed by atoms with E-state index in [4.69, 9.17) is 9.47 Å². The molecule has 0 saturated carbocycles. The molecule has 0 aromatic carbocycles. The van der Waals surface area contributed by atoms with Gasteiger partial charge in [-0.15, -0.1) is 0 Å². The normalized spacial score (nSPS) is 15.6. The number of hydrogen-bond acceptors (Lipinski definition) is 2. The summed E-state index contributed by atoms with van der Waals surface area (Å²) >= 11 is 0. The van der Waals surface area contributed by atoms with Crippen molar-refractivity contribution in [2.75, 3.05) is 6.79 Å². The van der Waals surface area contributed by atoms with Crippen LogP contribution < -0.4 is 0 Å². The first kappa shape index (κ1) is 10.1. The molecular weight excluding hydrogens is 140 g/mol. The zero-order valence-electron chi connectivity index (χ0n) is 7.68. The minimum Gasteiger partial charge on any atom is -0.458 e. The van der Waals surface area contributed by atoms with Crippen molar-refractivity contribution in [2.45, 2.75) is 27.7 Å². The number of rotatable bonds is 1. The fourth-order valence-corrected chi connectivity index (χ4v) is 0.671. The Labute approximate surface area is 68.5 Å². The van der Waals surface area contributed by atoms with Gasteiger partial charge in [-0.2, -0.15) is 0 Å². The molecule has 1 rings (SSSR count). The van der Waals surface area contributed by atoms with Crippen molar-refractivity contribution in [2.24, 2.45) is 0 Å². The van der Waals surface area contributed by atoms with Crippen LogP contribution in [-0.2, 0) is 9.47 Å². The van der Waals surface area contributed by atoms with Crippen molar-refractivity contribution in [1.29, 1.82) is 0 Å². The van der Waals surface area contributed by atoms with Gasteiger partial charge in [-0.05, 0) is 19.9 Å². The van der Waals surface area contributed by atoms with Crippen molar-refractivity contribution in [3.05, 3.63) is 23.7 Å². The monoisotopic (exact) mass is 156 g/mol. The molecule has 1 heterocycles. The third-order valence-corrected chi connectivity index (χ3v) is 1.15. The molecule has 0 saturated heterocycles. The molecule has 1 aliphatic rings. The Bertz CT molecular complexity index is 157. The minimum atomic E-state index is 0.367. The van der Waals surface area contributed by atoms with Gasteiger partial charge in [-0.1, -0.05) is 19.9 Å². The molecule has 11 heavy (non-hydrogen) atoms. The Morgan fingerprint density at radius 3 is 2.27 bits per heavy atom. The first-order valence-electron chi connectivity index (χ1n) is 3.93. The third-order valence-electron chi connectivity index (χ3n) is 1.15. The fourth-order valence-electron chi connectivity index (χ4n) is 0.671. The molecular formula is C9H16O2. The average Bonchev–Trinajstić information content (AvgIpc) is 2.42. The van der Waals surface area contributed by atoms with Gasteiger partial charge in [0.25, 0.3) is 0 Å². The molecule has 2 nitrogen and oxygen atoms in total. The summed E-state index contributed by atoms with van der Waals surface area (Å²) in [5.41, 5.74) is 0. The van der Waals surface area contributed by atoms with E-state index in [0.717, 1.165) is 11.5 Å². The van der Waals surface area contributed by atoms with Crippen LogP contribution in [-0.4, -0.2) is 6.79 Å². The maximum atomic E-state index is 5.08. The van der Waals surface area contributed by atoms with Gasteiger partial charge in [0, 0.05) is 0 Å². The van der Waals surface area contributed by atoms with E-state index < -0.39 is 0 Å². The maximum absolute atomic E-state index is 5.08. The first-order valence-corrected chi connectivity index (χ1v) is 3.93. The van der Waals surface area contributed by atoms with Crippen LogP contribution in [0.3, 0.4) is 0 Å². The van der Waals surface area contributed by atoms with Gasteiger partial charge >= 0.3 is 0 Å². The molecule has 0 unspecified atom stereocenters. The first-order chi connectivity index (χ1) is 5.34. The Kier molecular flexibility index (Phi) is 5.35. The zero-order chi connectivity index (χ0) is 8.69. The number of allylic oxidation sites excluding steroid dienone is 3. The van der Waals surface area contributed by atoms with Crippen molar-refractivity contribution in [3.8, 4) is 0 Å². The second-order valence-electron chi connectivity index (χ2n) is 1.83. The van der Waals surface area contributed by atoms with Crippen LogP contribution in [0.4, 0.5) is 0 Å². The minimum absolute atomic E-state index is 0.367. The lowest BCUT2D eigenvalue weighted by molar-refractivity contribution is 0.0750. The highest BCUT2D eigenvalue weighted by molar-refractivity contribution is 5.15. The summed E-state index contributed by atoms with van der Waals surface area (Å²) in [7, 11) is 0. The fraction of sp³-hybridized carbons (Fsp3) is 0.556. The second kappa shape index (κ2) is 5.83. The van der Waals surface area contributed by atoms with E-state index in [1.54, 1.807) is 0 Å². The van der Waals surface area contributed by atoms with Crippen LogP contribution in [0.15, 0.2) is 23.7 Å². The standard InChI is InChI=1S/C7H10O2.C2H6/c1-3-4-7-6(2)8-5-9-7;1-2/h3-4H,5H2,1-2H3;1-2H3/b4-3-;. The molecule has 0 atom stereocenters. The summed E-state index contributed by atoms with van der Waals surface area (Å²) in [5.74, 6) is 1.71. The average molecular weight is 156 g/mol. The topological polar surface area (TPSA) is 18.5 Å². The van der Waals surface area contributed by atoms with E-state index in [2.05, 4.69) is 0 Å². The van der Waals surface area contributed by atoms with Crippen LogP contribution in [0.2, 0.25) is 0 Å². The highest BCUT2D eigenvalue weighted by atomic mass is 16.7. The van der Waals surface area contributed by atoms with Gasteiger partial charge in [0.05, 0.1) is 0 Å². The molecule has 0 bridgehead atoms. The highest BCUT2D eigenvalue weighted by Crippen LogP contribution is 2.15. The molecule has 0 amide bonds. The predicted octanol–water partition coefficient (Wildman–Crippen LogP) is 2.82. The van der Waals surface area contributed by atoms with Gasteiger partial charge < -0.3 is 9.47 Å². The SMILES string of the molecule is C/C=C\C1=C(C)OCO1.CC. The van der Waals surface area contributed by atoms with Crippen molar-refractivity contribution in [3.63, 3.8) is 0 Å². The molecule has 0 radical (unpaired) electrons. The second-order valence-corrected chi connectivity index (χ2v) is 1.83. The van der Waals surface area contributed by atoms with Crippen molar-refractivity contribution in [1.82, 2.24) is 0 Å². The summed E-state index contributed by atoms with van der Waals surface area (Å²) in [5, 5.41) is 0. The summed E-state index contributed by atoms with van der Waals surface area (Å²) in [6, 6.07) is 0. The van der Waals surface area contributed by atoms with Gasteiger partial charge in [-0.3, -0.25) is 0 Å². The largest absolute Gasteiger partial charge is 0.458 e. The molecule has 64 valence electrons. The Hall–Kier alpha value is -0.920. The molecule has 2 heteroatoms. The summed E-state index contributed by atoms with van der Waals surface area (Å²) < 4.78 is 10.1. The summed E-state index contributed by atoms with van der Waals surface area (Å²) in [6.07, 6.45) is 3.82. The quantitative estimate of drug-likeness (QED) is 0.581. The van der Waals surface area contributed by atoms with Crippen molar-refractivity contribution >= 4 is 0 Å². The van der Waals surface area contributed by atoms with E-state index in [9.17, 15) is 0 Å². The summed E-state index contributed by atoms with van der Waals surface area (Å²) in [6.45, 7) is 8.20. The third kappa shape index (κ3) is 3.12. The van der Waals surface area contributed by atoms with E-state index in [1.165, 1.54) is 0 Å². The van der Waals surface area contributed by atoms with E-state index in [1.807, 2.05) is 39.8 Å². The van der Waals surface area contributed by atoms with Crippen LogP contribution in [0.25, 0.3) is 0 Å². The van der Waals surface area contributed by atoms with Crippen LogP contribution in [0, 0.1) is 0 Å². The number of hydrogen-bond donors (Lipinski definition) is 0. The van der Waals surface area contributed by atoms with Crippen LogP contribution in [0.1, 0.15) is 27.7 Å². The molecule has 0 spiro atoms. The van der Waals surface area contributed by atoms with Gasteiger partial charge in [0.1, 0.15) is 5.76 Å². The van der Waals surface area contributed by atoms with E-state index >= 15 is 0 Å². The molecule has 0 N–H and O–H groups in total. The lowest BCUT2D eigenvalue weighted by Gasteiger charge is -1.89. The van der Waals surface area contributed by atoms with Gasteiger partial charge in [-0.25, -0.2) is 0 Å². The van der Waals surface area contributed by atoms with Crippen LogP contribution >= 0.6 is 0 Å². The van der Waals surface area contributed by atoms with E-state index in [-0.39, 0.29) is 0 Å². The predicted molar refractivity (Wildman–Crippen MR) is 45.9 cm³/mol. The van der Waals surface area contributed by atoms with Crippen molar-refractivity contribution < 1.29 is 9.47 Å².